The molecule has 0 heterocycles. The van der Waals surface area contributed by atoms with E-state index >= 15 is 0 Å². The summed E-state index contributed by atoms with van der Waals surface area (Å²) in [7, 11) is 2.46. The van der Waals surface area contributed by atoms with Crippen LogP contribution in [-0.4, -0.2) is 20.8 Å². The minimum Gasteiger partial charge on any atom is -0.492 e. The summed E-state index contributed by atoms with van der Waals surface area (Å²) in [6.07, 6.45) is -1.29. The van der Waals surface area contributed by atoms with Crippen molar-refractivity contribution in [2.75, 3.05) is 20.8 Å². The Hall–Kier alpha value is -1.69. The number of ether oxygens (including phenoxy) is 2. The van der Waals surface area contributed by atoms with Crippen LogP contribution in [0.3, 0.4) is 0 Å². The number of hydrogen-bond acceptors (Lipinski definition) is 3. The van der Waals surface area contributed by atoms with Gasteiger partial charge in [-0.05, 0) is 6.07 Å². The summed E-state index contributed by atoms with van der Waals surface area (Å²) in [4.78, 5) is 0. The Balaban J connectivity index is 3.41. The topological polar surface area (TPSA) is 44.5 Å². The van der Waals surface area contributed by atoms with Gasteiger partial charge in [-0.2, -0.15) is 13.2 Å². The van der Waals surface area contributed by atoms with Crippen LogP contribution >= 0.6 is 0 Å². The highest BCUT2D eigenvalue weighted by molar-refractivity contribution is 5.65. The van der Waals surface area contributed by atoms with Crippen LogP contribution in [0.5, 0.6) is 11.5 Å². The number of methoxy groups -OCH3 is 2. The van der Waals surface area contributed by atoms with E-state index in [9.17, 15) is 13.2 Å². The maximum absolute atomic E-state index is 12.8. The Morgan fingerprint density at radius 2 is 1.78 bits per heavy atom. The van der Waals surface area contributed by atoms with Crippen molar-refractivity contribution in [1.82, 2.24) is 0 Å². The molecule has 0 unspecified atom stereocenters. The molecule has 0 saturated carbocycles. The van der Waals surface area contributed by atoms with Crippen molar-refractivity contribution in [3.05, 3.63) is 29.3 Å². The largest absolute Gasteiger partial charge is 0.492 e. The summed E-state index contributed by atoms with van der Waals surface area (Å²) in [5.41, 5.74) is 4.91. The average molecular weight is 261 g/mol. The van der Waals surface area contributed by atoms with Gasteiger partial charge in [0.05, 0.1) is 14.2 Å². The number of alkyl halides is 3. The van der Waals surface area contributed by atoms with Crippen LogP contribution in [0, 0.1) is 0 Å². The second-order valence-electron chi connectivity index (χ2n) is 3.40. The van der Waals surface area contributed by atoms with Crippen LogP contribution in [0.4, 0.5) is 13.2 Å². The summed E-state index contributed by atoms with van der Waals surface area (Å²) in [5, 5.41) is 0. The molecule has 0 spiro atoms. The van der Waals surface area contributed by atoms with Crippen LogP contribution in [0.2, 0.25) is 0 Å². The predicted molar refractivity (Wildman–Crippen MR) is 62.6 cm³/mol. The third-order valence-electron chi connectivity index (χ3n) is 2.29. The van der Waals surface area contributed by atoms with Crippen molar-refractivity contribution < 1.29 is 22.6 Å². The van der Waals surface area contributed by atoms with E-state index in [0.29, 0.717) is 5.56 Å². The van der Waals surface area contributed by atoms with Gasteiger partial charge in [0.1, 0.15) is 5.56 Å². The van der Waals surface area contributed by atoms with E-state index in [1.54, 1.807) is 12.2 Å². The fraction of sp³-hybridized carbons (Fsp3) is 0.333. The molecule has 0 atom stereocenters. The van der Waals surface area contributed by atoms with Gasteiger partial charge in [0.2, 0.25) is 0 Å². The van der Waals surface area contributed by atoms with Crippen LogP contribution in [-0.2, 0) is 6.18 Å². The van der Waals surface area contributed by atoms with Gasteiger partial charge in [0.25, 0.3) is 0 Å². The lowest BCUT2D eigenvalue weighted by molar-refractivity contribution is -0.138. The lowest BCUT2D eigenvalue weighted by Crippen LogP contribution is -2.09. The molecule has 3 nitrogen and oxygen atoms in total. The zero-order chi connectivity index (χ0) is 13.8. The summed E-state index contributed by atoms with van der Waals surface area (Å²) < 4.78 is 48.1. The number of halogens is 3. The predicted octanol–water partition coefficient (Wildman–Crippen LogP) is 2.69. The van der Waals surface area contributed by atoms with Crippen molar-refractivity contribution in [2.24, 2.45) is 5.73 Å². The van der Waals surface area contributed by atoms with Crippen molar-refractivity contribution in [3.8, 4) is 11.5 Å². The zero-order valence-corrected chi connectivity index (χ0v) is 10.0. The Morgan fingerprint density at radius 3 is 2.22 bits per heavy atom. The monoisotopic (exact) mass is 261 g/mol. The van der Waals surface area contributed by atoms with Gasteiger partial charge >= 0.3 is 6.18 Å². The SMILES string of the molecule is COc1c(/C=C/CN)ccc(C(F)(F)F)c1OC. The molecule has 2 N–H and O–H groups in total. The standard InChI is InChI=1S/C12H14F3NO2/c1-17-10-8(4-3-7-16)5-6-9(11(10)18-2)12(13,14)15/h3-6H,7,16H2,1-2H3/b4-3+. The molecule has 0 aliphatic heterocycles. The molecule has 100 valence electrons. The van der Waals surface area contributed by atoms with E-state index in [1.807, 2.05) is 0 Å². The smallest absolute Gasteiger partial charge is 0.420 e. The molecule has 0 radical (unpaired) electrons. The number of benzene rings is 1. The van der Waals surface area contributed by atoms with Crippen LogP contribution in [0.25, 0.3) is 6.08 Å². The highest BCUT2D eigenvalue weighted by Gasteiger charge is 2.36. The number of hydrogen-bond donors (Lipinski definition) is 1. The lowest BCUT2D eigenvalue weighted by atomic mass is 10.1. The number of rotatable bonds is 4. The Morgan fingerprint density at radius 1 is 1.17 bits per heavy atom. The first-order valence-corrected chi connectivity index (χ1v) is 5.14. The van der Waals surface area contributed by atoms with Gasteiger partial charge in [0.15, 0.2) is 11.5 Å². The molecule has 0 aliphatic rings. The van der Waals surface area contributed by atoms with Crippen LogP contribution in [0.1, 0.15) is 11.1 Å². The Kier molecular flexibility index (Phi) is 4.61. The second-order valence-corrected chi connectivity index (χ2v) is 3.40. The minimum atomic E-state index is -4.49. The Bertz CT molecular complexity index is 442. The maximum atomic E-state index is 12.8. The molecular weight excluding hydrogens is 247 g/mol. The van der Waals surface area contributed by atoms with Crippen LogP contribution < -0.4 is 15.2 Å². The summed E-state index contributed by atoms with van der Waals surface area (Å²) in [6.45, 7) is 0.284. The Labute approximate surface area is 103 Å². The fourth-order valence-corrected chi connectivity index (χ4v) is 1.54. The molecule has 0 aliphatic carbocycles. The molecule has 6 heteroatoms. The van der Waals surface area contributed by atoms with Crippen molar-refractivity contribution >= 4 is 6.08 Å². The molecule has 0 aromatic heterocycles. The molecule has 1 aromatic carbocycles. The molecule has 0 saturated heterocycles. The molecule has 1 aromatic rings. The van der Waals surface area contributed by atoms with Crippen molar-refractivity contribution in [1.29, 1.82) is 0 Å². The molecule has 0 amide bonds. The number of nitrogens with two attached hydrogens (primary N) is 1. The maximum Gasteiger partial charge on any atom is 0.420 e. The molecule has 0 fully saturated rings. The van der Waals surface area contributed by atoms with E-state index in [-0.39, 0.29) is 18.0 Å². The van der Waals surface area contributed by atoms with Crippen molar-refractivity contribution in [3.63, 3.8) is 0 Å². The third-order valence-corrected chi connectivity index (χ3v) is 2.29. The first-order chi connectivity index (χ1) is 8.45. The third kappa shape index (κ3) is 2.95. The lowest BCUT2D eigenvalue weighted by Gasteiger charge is -2.16. The highest BCUT2D eigenvalue weighted by atomic mass is 19.4. The first-order valence-electron chi connectivity index (χ1n) is 5.14. The first kappa shape index (κ1) is 14.4. The van der Waals surface area contributed by atoms with Gasteiger partial charge in [-0.3, -0.25) is 0 Å². The molecule has 0 bridgehead atoms. The molecular formula is C12H14F3NO2. The van der Waals surface area contributed by atoms with Gasteiger partial charge < -0.3 is 15.2 Å². The fourth-order valence-electron chi connectivity index (χ4n) is 1.54. The van der Waals surface area contributed by atoms with E-state index < -0.39 is 11.7 Å². The van der Waals surface area contributed by atoms with Gasteiger partial charge in [-0.1, -0.05) is 18.2 Å². The molecule has 18 heavy (non-hydrogen) atoms. The highest BCUT2D eigenvalue weighted by Crippen LogP contribution is 2.43. The van der Waals surface area contributed by atoms with Gasteiger partial charge in [-0.15, -0.1) is 0 Å². The zero-order valence-electron chi connectivity index (χ0n) is 10.0. The van der Waals surface area contributed by atoms with Gasteiger partial charge in [0, 0.05) is 12.1 Å². The van der Waals surface area contributed by atoms with E-state index in [1.165, 1.54) is 20.3 Å². The minimum absolute atomic E-state index is 0.0389. The average Bonchev–Trinajstić information content (AvgIpc) is 2.33. The molecule has 1 rings (SSSR count). The van der Waals surface area contributed by atoms with Crippen LogP contribution in [0.15, 0.2) is 18.2 Å². The normalized spacial score (nSPS) is 11.9. The van der Waals surface area contributed by atoms with E-state index in [4.69, 9.17) is 15.2 Å². The summed E-state index contributed by atoms with van der Waals surface area (Å²) >= 11 is 0. The van der Waals surface area contributed by atoms with Crippen molar-refractivity contribution in [2.45, 2.75) is 6.18 Å². The van der Waals surface area contributed by atoms with E-state index in [0.717, 1.165) is 6.07 Å². The summed E-state index contributed by atoms with van der Waals surface area (Å²) in [6, 6.07) is 2.27. The quantitative estimate of drug-likeness (QED) is 0.906. The summed E-state index contributed by atoms with van der Waals surface area (Å²) in [5.74, 6) is -0.291. The second kappa shape index (κ2) is 5.77. The van der Waals surface area contributed by atoms with E-state index in [2.05, 4.69) is 0 Å². The van der Waals surface area contributed by atoms with Gasteiger partial charge in [-0.25, -0.2) is 0 Å².